The van der Waals surface area contributed by atoms with Crippen molar-refractivity contribution < 1.29 is 26.9 Å². The third-order valence-corrected chi connectivity index (χ3v) is 6.77. The summed E-state index contributed by atoms with van der Waals surface area (Å²) in [6.45, 7) is 2.90. The van der Waals surface area contributed by atoms with E-state index in [1.807, 2.05) is 0 Å². The van der Waals surface area contributed by atoms with Gasteiger partial charge >= 0.3 is 6.18 Å². The van der Waals surface area contributed by atoms with Crippen LogP contribution in [0.5, 0.6) is 0 Å². The fourth-order valence-electron chi connectivity index (χ4n) is 3.69. The summed E-state index contributed by atoms with van der Waals surface area (Å²) < 4.78 is 71.3. The first kappa shape index (κ1) is 28.7. The van der Waals surface area contributed by atoms with E-state index in [2.05, 4.69) is 25.0 Å². The van der Waals surface area contributed by atoms with Gasteiger partial charge in [0.2, 0.25) is 5.95 Å². The Balaban J connectivity index is 1.84. The van der Waals surface area contributed by atoms with E-state index in [0.717, 1.165) is 50.6 Å². The van der Waals surface area contributed by atoms with Crippen LogP contribution >= 0.6 is 0 Å². The second-order valence-corrected chi connectivity index (χ2v) is 10.6. The van der Waals surface area contributed by atoms with Gasteiger partial charge in [0.15, 0.2) is 0 Å². The van der Waals surface area contributed by atoms with Gasteiger partial charge in [-0.2, -0.15) is 13.2 Å². The highest BCUT2D eigenvalue weighted by Crippen LogP contribution is 2.34. The molecule has 1 fully saturated rings. The van der Waals surface area contributed by atoms with E-state index in [9.17, 15) is 26.9 Å². The molecule has 37 heavy (non-hydrogen) atoms. The van der Waals surface area contributed by atoms with Crippen molar-refractivity contribution in [2.75, 3.05) is 11.9 Å². The summed E-state index contributed by atoms with van der Waals surface area (Å²) in [5.74, 6) is -1.09. The van der Waals surface area contributed by atoms with Crippen molar-refractivity contribution >= 4 is 34.4 Å². The Bertz CT molecular complexity index is 1170. The predicted molar refractivity (Wildman–Crippen MR) is 135 cm³/mol. The first-order chi connectivity index (χ1) is 17.4. The van der Waals surface area contributed by atoms with E-state index in [1.165, 1.54) is 26.0 Å². The van der Waals surface area contributed by atoms with E-state index in [-0.39, 0.29) is 34.7 Å². The van der Waals surface area contributed by atoms with Crippen LogP contribution in [0.1, 0.15) is 57.2 Å². The Hall–Kier alpha value is -2.90. The van der Waals surface area contributed by atoms with Crippen LogP contribution in [0.2, 0.25) is 0 Å². The Kier molecular flexibility index (Phi) is 9.37. The van der Waals surface area contributed by atoms with Crippen molar-refractivity contribution in [2.45, 2.75) is 68.7 Å². The van der Waals surface area contributed by atoms with Crippen LogP contribution in [0.15, 0.2) is 40.5 Å². The zero-order valence-corrected chi connectivity index (χ0v) is 21.3. The third kappa shape index (κ3) is 8.30. The minimum absolute atomic E-state index is 0.0869. The van der Waals surface area contributed by atoms with Crippen molar-refractivity contribution in [3.8, 4) is 0 Å². The van der Waals surface area contributed by atoms with Crippen LogP contribution in [-0.4, -0.2) is 43.7 Å². The maximum Gasteiger partial charge on any atom is 0.419 e. The third-order valence-electron chi connectivity index (χ3n) is 5.54. The number of aliphatic imine (C=N–C) groups is 1. The molecule has 0 bridgehead atoms. The van der Waals surface area contributed by atoms with Gasteiger partial charge in [-0.3, -0.25) is 4.99 Å². The molecular weight excluding hydrogens is 512 g/mol. The molecule has 13 heteroatoms. The van der Waals surface area contributed by atoms with Gasteiger partial charge in [0, 0.05) is 30.2 Å². The Morgan fingerprint density at radius 2 is 1.97 bits per heavy atom. The average Bonchev–Trinajstić information content (AvgIpc) is 2.82. The largest absolute Gasteiger partial charge is 0.419 e. The number of nitrogens with zero attached hydrogens (tertiary/aromatic N) is 3. The number of halogens is 4. The first-order valence-electron chi connectivity index (χ1n) is 11.7. The zero-order chi connectivity index (χ0) is 27.2. The second kappa shape index (κ2) is 12.1. The Morgan fingerprint density at radius 1 is 1.27 bits per heavy atom. The van der Waals surface area contributed by atoms with E-state index in [0.29, 0.717) is 6.20 Å². The summed E-state index contributed by atoms with van der Waals surface area (Å²) in [4.78, 5) is 11.8. The molecule has 1 aromatic heterocycles. The van der Waals surface area contributed by atoms with Crippen molar-refractivity contribution in [3.63, 3.8) is 0 Å². The molecule has 1 atom stereocenters. The quantitative estimate of drug-likeness (QED) is 0.274. The van der Waals surface area contributed by atoms with Gasteiger partial charge in [-0.15, -0.1) is 0 Å². The highest BCUT2D eigenvalue weighted by atomic mass is 32.2. The molecule has 0 aliphatic heterocycles. The van der Waals surface area contributed by atoms with Crippen molar-refractivity contribution in [3.05, 3.63) is 47.7 Å². The van der Waals surface area contributed by atoms with Crippen molar-refractivity contribution in [2.24, 2.45) is 10.7 Å². The number of hydrogen-bond donors (Lipinski definition) is 4. The highest BCUT2D eigenvalue weighted by molar-refractivity contribution is 7.83. The maximum absolute atomic E-state index is 14.8. The molecule has 1 aliphatic carbocycles. The number of rotatable bonds is 9. The number of alkyl halides is 3. The monoisotopic (exact) mass is 542 g/mol. The topological polar surface area (TPSA) is 126 Å². The molecule has 1 saturated carbocycles. The molecule has 202 valence electrons. The Morgan fingerprint density at radius 3 is 2.57 bits per heavy atom. The lowest BCUT2D eigenvalue weighted by Gasteiger charge is -2.22. The molecule has 1 heterocycles. The van der Waals surface area contributed by atoms with E-state index in [4.69, 9.17) is 5.73 Å². The minimum atomic E-state index is -4.80. The number of hydrogen-bond acceptors (Lipinski definition) is 7. The molecule has 5 N–H and O–H groups in total. The molecule has 8 nitrogen and oxygen atoms in total. The molecule has 3 rings (SSSR count). The lowest BCUT2D eigenvalue weighted by atomic mass is 9.96. The second-order valence-electron chi connectivity index (χ2n) is 9.35. The summed E-state index contributed by atoms with van der Waals surface area (Å²) >= 11 is 0. The fourth-order valence-corrected chi connectivity index (χ4v) is 4.77. The molecule has 0 amide bonds. The van der Waals surface area contributed by atoms with Crippen LogP contribution in [-0.2, 0) is 17.2 Å². The average molecular weight is 543 g/mol. The van der Waals surface area contributed by atoms with Crippen LogP contribution in [0.25, 0.3) is 5.57 Å². The summed E-state index contributed by atoms with van der Waals surface area (Å²) in [5.41, 5.74) is 2.36. The lowest BCUT2D eigenvalue weighted by Crippen LogP contribution is -2.32. The van der Waals surface area contributed by atoms with Gasteiger partial charge in [-0.05, 0) is 44.9 Å². The lowest BCUT2D eigenvalue weighted by molar-refractivity contribution is -0.138. The maximum atomic E-state index is 14.8. The molecule has 1 aromatic carbocycles. The van der Waals surface area contributed by atoms with Gasteiger partial charge in [-0.25, -0.2) is 23.3 Å². The number of allylic oxidation sites excluding steroid dienone is 1. The number of aromatic nitrogens is 2. The zero-order valence-electron chi connectivity index (χ0n) is 20.5. The van der Waals surface area contributed by atoms with E-state index >= 15 is 0 Å². The molecule has 2 aromatic rings. The molecule has 0 radical (unpaired) electrons. The van der Waals surface area contributed by atoms with E-state index in [1.54, 1.807) is 0 Å². The number of nitrogens with one attached hydrogen (secondary N) is 2. The molecule has 1 unspecified atom stereocenters. The highest BCUT2D eigenvalue weighted by Gasteiger charge is 2.36. The SMILES string of the molecule is CC(C)(O)CN=C/C(=C\N)c1nc(Nc2ccc(S(=O)NC3CCCCC3)cc2F)ncc1C(F)(F)F. The normalized spacial score (nSPS) is 16.8. The first-order valence-corrected chi connectivity index (χ1v) is 12.9. The molecule has 0 spiro atoms. The van der Waals surface area contributed by atoms with Gasteiger partial charge < -0.3 is 16.2 Å². The number of nitrogens with two attached hydrogens (primary N) is 1. The standard InChI is InChI=1S/C24H30F4N6O2S/c1-23(2,35)14-30-12-15(11-29)21-18(24(26,27)28)13-31-22(33-21)32-20-9-8-17(10-19(20)25)37(36)34-16-6-4-3-5-7-16/h8-13,16,34-35H,3-7,14,29H2,1-2H3,(H,31,32,33)/b15-11+,30-12?. The van der Waals surface area contributed by atoms with Crippen LogP contribution in [0.3, 0.4) is 0 Å². The summed E-state index contributed by atoms with van der Waals surface area (Å²) in [6, 6.07) is 3.96. The van der Waals surface area contributed by atoms with Crippen LogP contribution in [0.4, 0.5) is 29.2 Å². The smallest absolute Gasteiger partial charge is 0.404 e. The van der Waals surface area contributed by atoms with Gasteiger partial charge in [0.1, 0.15) is 22.4 Å². The summed E-state index contributed by atoms with van der Waals surface area (Å²) in [5, 5.41) is 12.4. The number of benzene rings is 1. The van der Waals surface area contributed by atoms with Gasteiger partial charge in [0.25, 0.3) is 0 Å². The van der Waals surface area contributed by atoms with Crippen LogP contribution < -0.4 is 15.8 Å². The predicted octanol–water partition coefficient (Wildman–Crippen LogP) is 4.46. The molecular formula is C24H30F4N6O2S. The molecule has 0 saturated heterocycles. The van der Waals surface area contributed by atoms with Crippen LogP contribution in [0, 0.1) is 5.82 Å². The van der Waals surface area contributed by atoms with E-state index < -0.39 is 39.8 Å². The summed E-state index contributed by atoms with van der Waals surface area (Å²) in [6.07, 6.45) is 2.79. The Labute approximate surface area is 215 Å². The van der Waals surface area contributed by atoms with Crippen molar-refractivity contribution in [1.29, 1.82) is 0 Å². The molecule has 1 aliphatic rings. The van der Waals surface area contributed by atoms with Crippen molar-refractivity contribution in [1.82, 2.24) is 14.7 Å². The number of anilines is 2. The number of aliphatic hydroxyl groups is 1. The summed E-state index contributed by atoms with van der Waals surface area (Å²) in [7, 11) is -1.61. The minimum Gasteiger partial charge on any atom is -0.404 e. The van der Waals surface area contributed by atoms with Gasteiger partial charge in [-0.1, -0.05) is 19.3 Å². The van der Waals surface area contributed by atoms with Gasteiger partial charge in [0.05, 0.1) is 28.4 Å². The fraction of sp³-hybridized carbons (Fsp3) is 0.458.